The summed E-state index contributed by atoms with van der Waals surface area (Å²) >= 11 is 1.04. The second-order valence-corrected chi connectivity index (χ2v) is 3.86. The van der Waals surface area contributed by atoms with Gasteiger partial charge in [0.1, 0.15) is 15.8 Å². The second kappa shape index (κ2) is 3.22. The van der Waals surface area contributed by atoms with Crippen LogP contribution in [0.15, 0.2) is 12.3 Å². The number of anilines is 1. The maximum Gasteiger partial charge on any atom is 0.345 e. The molecule has 0 saturated carbocycles. The highest BCUT2D eigenvalue weighted by Gasteiger charge is 2.13. The van der Waals surface area contributed by atoms with Gasteiger partial charge in [-0.25, -0.2) is 9.78 Å². The third-order valence-corrected chi connectivity index (χ3v) is 2.97. The molecule has 0 radical (unpaired) electrons. The third kappa shape index (κ3) is 1.39. The van der Waals surface area contributed by atoms with E-state index in [1.807, 2.05) is 6.07 Å². The lowest BCUT2D eigenvalue weighted by Gasteiger charge is -1.96. The molecule has 0 fully saturated rings. The maximum absolute atomic E-state index is 10.7. The molecule has 15 heavy (non-hydrogen) atoms. The fourth-order valence-electron chi connectivity index (χ4n) is 1.20. The number of fused-ring (bicyclic) bond motifs is 1. The number of carbonyl (C=O) groups is 1. The van der Waals surface area contributed by atoms with Crippen molar-refractivity contribution in [2.45, 2.75) is 0 Å². The highest BCUT2D eigenvalue weighted by Crippen LogP contribution is 2.29. The summed E-state index contributed by atoms with van der Waals surface area (Å²) in [6, 6.07) is 3.33. The topological polar surface area (TPSA) is 100 Å². The van der Waals surface area contributed by atoms with Crippen LogP contribution in [0.4, 0.5) is 5.69 Å². The number of nitrogens with zero attached hydrogens (tertiary/aromatic N) is 2. The van der Waals surface area contributed by atoms with Crippen LogP contribution in [0, 0.1) is 11.3 Å². The summed E-state index contributed by atoms with van der Waals surface area (Å²) in [4.78, 5) is 15.4. The number of aromatic nitrogens is 1. The van der Waals surface area contributed by atoms with Crippen molar-refractivity contribution in [2.24, 2.45) is 0 Å². The Morgan fingerprint density at radius 1 is 1.67 bits per heavy atom. The van der Waals surface area contributed by atoms with Crippen LogP contribution in [0.2, 0.25) is 0 Å². The summed E-state index contributed by atoms with van der Waals surface area (Å²) in [7, 11) is 0. The average Bonchev–Trinajstić information content (AvgIpc) is 2.63. The molecule has 0 bridgehead atoms. The van der Waals surface area contributed by atoms with Crippen molar-refractivity contribution in [3.63, 3.8) is 0 Å². The predicted molar refractivity (Wildman–Crippen MR) is 55.7 cm³/mol. The Morgan fingerprint density at radius 2 is 2.40 bits per heavy atom. The zero-order valence-electron chi connectivity index (χ0n) is 7.39. The van der Waals surface area contributed by atoms with Crippen molar-refractivity contribution >= 4 is 33.2 Å². The summed E-state index contributed by atoms with van der Waals surface area (Å²) in [5.74, 6) is -1.02. The second-order valence-electron chi connectivity index (χ2n) is 2.83. The van der Waals surface area contributed by atoms with E-state index in [0.29, 0.717) is 10.2 Å². The molecule has 0 aliphatic rings. The van der Waals surface area contributed by atoms with E-state index in [0.717, 1.165) is 11.3 Å². The Balaban J connectivity index is 2.78. The number of aromatic carboxylic acids is 1. The minimum absolute atomic E-state index is 0.166. The van der Waals surface area contributed by atoms with Gasteiger partial charge >= 0.3 is 5.97 Å². The number of hydrogen-bond donors (Lipinski definition) is 2. The van der Waals surface area contributed by atoms with E-state index in [2.05, 4.69) is 4.98 Å². The lowest BCUT2D eigenvalue weighted by Crippen LogP contribution is -1.92. The van der Waals surface area contributed by atoms with Crippen molar-refractivity contribution in [2.75, 3.05) is 5.73 Å². The number of nitriles is 1. The van der Waals surface area contributed by atoms with E-state index in [1.54, 1.807) is 0 Å². The first kappa shape index (κ1) is 9.43. The SMILES string of the molecule is N#Cc1cnc2sc(C(=O)O)cc2c1N. The maximum atomic E-state index is 10.7. The quantitative estimate of drug-likeness (QED) is 0.756. The largest absolute Gasteiger partial charge is 0.477 e. The molecule has 5 nitrogen and oxygen atoms in total. The summed E-state index contributed by atoms with van der Waals surface area (Å²) < 4.78 is 0. The number of carboxylic acid groups (broad SMARTS) is 1. The zero-order chi connectivity index (χ0) is 11.0. The molecule has 6 heteroatoms. The average molecular weight is 219 g/mol. The molecule has 0 spiro atoms. The van der Waals surface area contributed by atoms with Gasteiger partial charge in [0.05, 0.1) is 11.3 Å². The van der Waals surface area contributed by atoms with Gasteiger partial charge in [-0.05, 0) is 6.07 Å². The minimum atomic E-state index is -1.02. The molecular formula is C9H5N3O2S. The number of nitrogen functional groups attached to an aromatic ring is 1. The first-order valence-electron chi connectivity index (χ1n) is 3.95. The Bertz CT molecular complexity index is 597. The van der Waals surface area contributed by atoms with Gasteiger partial charge in [-0.3, -0.25) is 0 Å². The third-order valence-electron chi connectivity index (χ3n) is 1.93. The molecule has 0 aliphatic heterocycles. The van der Waals surface area contributed by atoms with E-state index >= 15 is 0 Å². The fourth-order valence-corrected chi connectivity index (χ4v) is 2.06. The van der Waals surface area contributed by atoms with Crippen LogP contribution in [0.5, 0.6) is 0 Å². The number of nitrogens with two attached hydrogens (primary N) is 1. The lowest BCUT2D eigenvalue weighted by molar-refractivity contribution is 0.0702. The number of hydrogen-bond acceptors (Lipinski definition) is 5. The van der Waals surface area contributed by atoms with Crippen molar-refractivity contribution in [1.29, 1.82) is 5.26 Å². The first-order valence-corrected chi connectivity index (χ1v) is 4.76. The first-order chi connectivity index (χ1) is 7.13. The molecule has 2 heterocycles. The Hall–Kier alpha value is -2.13. The molecule has 2 rings (SSSR count). The van der Waals surface area contributed by atoms with Crippen molar-refractivity contribution in [1.82, 2.24) is 4.98 Å². The van der Waals surface area contributed by atoms with Gasteiger partial charge < -0.3 is 10.8 Å². The smallest absolute Gasteiger partial charge is 0.345 e. The highest BCUT2D eigenvalue weighted by molar-refractivity contribution is 7.20. The molecule has 74 valence electrons. The summed E-state index contributed by atoms with van der Waals surface area (Å²) in [6.45, 7) is 0. The molecule has 0 aliphatic carbocycles. The van der Waals surface area contributed by atoms with Gasteiger partial charge in [0.2, 0.25) is 0 Å². The van der Waals surface area contributed by atoms with Crippen LogP contribution in [0.3, 0.4) is 0 Å². The Labute approximate surface area is 88.4 Å². The summed E-state index contributed by atoms with van der Waals surface area (Å²) in [5.41, 5.74) is 6.24. The molecule has 0 aromatic carbocycles. The van der Waals surface area contributed by atoms with E-state index in [1.165, 1.54) is 12.3 Å². The molecule has 0 atom stereocenters. The van der Waals surface area contributed by atoms with Gasteiger partial charge in [0.15, 0.2) is 0 Å². The standard InChI is InChI=1S/C9H5N3O2S/c10-2-4-3-12-8-5(7(4)11)1-6(15-8)9(13)14/h1,3H,(H2,11,12)(H,13,14). The van der Waals surface area contributed by atoms with Gasteiger partial charge in [-0.2, -0.15) is 5.26 Å². The molecule has 0 saturated heterocycles. The van der Waals surface area contributed by atoms with Gasteiger partial charge in [0, 0.05) is 11.6 Å². The van der Waals surface area contributed by atoms with Crippen LogP contribution < -0.4 is 5.73 Å². The van der Waals surface area contributed by atoms with Crippen molar-refractivity contribution < 1.29 is 9.90 Å². The molecule has 0 amide bonds. The van der Waals surface area contributed by atoms with E-state index in [4.69, 9.17) is 16.1 Å². The molecule has 2 aromatic heterocycles. The van der Waals surface area contributed by atoms with Crippen molar-refractivity contribution in [3.05, 3.63) is 22.7 Å². The lowest BCUT2D eigenvalue weighted by atomic mass is 10.2. The highest BCUT2D eigenvalue weighted by atomic mass is 32.1. The Morgan fingerprint density at radius 3 is 3.00 bits per heavy atom. The van der Waals surface area contributed by atoms with Crippen LogP contribution in [0.1, 0.15) is 15.2 Å². The Kier molecular flexibility index (Phi) is 2.02. The summed E-state index contributed by atoms with van der Waals surface area (Å²) in [6.07, 6.45) is 1.35. The molecule has 2 aromatic rings. The predicted octanol–water partition coefficient (Wildman–Crippen LogP) is 1.45. The number of pyridine rings is 1. The van der Waals surface area contributed by atoms with Crippen molar-refractivity contribution in [3.8, 4) is 6.07 Å². The van der Waals surface area contributed by atoms with Gasteiger partial charge in [-0.1, -0.05) is 0 Å². The van der Waals surface area contributed by atoms with Crippen LogP contribution in [0.25, 0.3) is 10.2 Å². The van der Waals surface area contributed by atoms with Crippen LogP contribution in [-0.2, 0) is 0 Å². The summed E-state index contributed by atoms with van der Waals surface area (Å²) in [5, 5.41) is 18.0. The molecular weight excluding hydrogens is 214 g/mol. The van der Waals surface area contributed by atoms with Gasteiger partial charge in [-0.15, -0.1) is 11.3 Å². The number of rotatable bonds is 1. The number of carboxylic acids is 1. The van der Waals surface area contributed by atoms with Crippen LogP contribution >= 0.6 is 11.3 Å². The fraction of sp³-hybridized carbons (Fsp3) is 0. The van der Waals surface area contributed by atoms with Crippen LogP contribution in [-0.4, -0.2) is 16.1 Å². The monoisotopic (exact) mass is 219 g/mol. The molecule has 3 N–H and O–H groups in total. The molecule has 0 unspecified atom stereocenters. The van der Waals surface area contributed by atoms with E-state index in [9.17, 15) is 4.79 Å². The number of thiophene rings is 1. The van der Waals surface area contributed by atoms with E-state index < -0.39 is 5.97 Å². The zero-order valence-corrected chi connectivity index (χ0v) is 8.21. The van der Waals surface area contributed by atoms with Gasteiger partial charge in [0.25, 0.3) is 0 Å². The minimum Gasteiger partial charge on any atom is -0.477 e. The van der Waals surface area contributed by atoms with E-state index in [-0.39, 0.29) is 16.1 Å². The normalized spacial score (nSPS) is 10.1.